The second-order valence-corrected chi connectivity index (χ2v) is 11.7. The van der Waals surface area contributed by atoms with E-state index in [0.717, 1.165) is 23.3 Å². The van der Waals surface area contributed by atoms with Crippen LogP contribution in [0.5, 0.6) is 0 Å². The Morgan fingerprint density at radius 2 is 1.76 bits per heavy atom. The Labute approximate surface area is 198 Å². The molecule has 0 aromatic heterocycles. The maximum Gasteiger partial charge on any atom is 0.261 e. The van der Waals surface area contributed by atoms with Gasteiger partial charge in [-0.2, -0.15) is 5.06 Å². The number of sulfone groups is 1. The molecule has 1 spiro atoms. The van der Waals surface area contributed by atoms with Crippen LogP contribution in [0, 0.1) is 11.8 Å². The maximum atomic E-state index is 13.8. The van der Waals surface area contributed by atoms with Crippen molar-refractivity contribution in [3.8, 4) is 0 Å². The molecule has 8 heteroatoms. The number of carbonyl (C=O) groups is 2. The summed E-state index contributed by atoms with van der Waals surface area (Å²) in [5.41, 5.74) is 1.76. The highest BCUT2D eigenvalue weighted by molar-refractivity contribution is 7.91. The molecular weight excluding hydrogens is 452 g/mol. The van der Waals surface area contributed by atoms with Crippen LogP contribution in [0.4, 0.5) is 0 Å². The Morgan fingerprint density at radius 3 is 2.56 bits per heavy atom. The van der Waals surface area contributed by atoms with Gasteiger partial charge in [-0.15, -0.1) is 0 Å². The quantitative estimate of drug-likeness (QED) is 0.496. The largest absolute Gasteiger partial charge is 0.284 e. The molecule has 34 heavy (non-hydrogen) atoms. The van der Waals surface area contributed by atoms with Gasteiger partial charge < -0.3 is 0 Å². The molecule has 7 nitrogen and oxygen atoms in total. The molecular formula is C26H26N2O5S. The van der Waals surface area contributed by atoms with Crippen LogP contribution >= 0.6 is 0 Å². The fraction of sp³-hybridized carbons (Fsp3) is 0.385. The molecule has 6 rings (SSSR count). The number of likely N-dealkylation sites (N-methyl/N-ethyl adjacent to an activating group) is 1. The van der Waals surface area contributed by atoms with Crippen molar-refractivity contribution in [3.05, 3.63) is 77.9 Å². The lowest BCUT2D eigenvalue weighted by Crippen LogP contribution is -2.61. The number of amides is 2. The number of hydrogen-bond acceptors (Lipinski definition) is 6. The van der Waals surface area contributed by atoms with Gasteiger partial charge in [0.15, 0.2) is 15.9 Å². The standard InChI is InChI=1S/C26H26N2O5S/c1-27-26(18-9-7-13-21(26)20-12-6-5-8-17(20)16-18)22-23(33-27)25(30)28(24(22)29)14-15-34(31,32)19-10-3-2-4-11-19/h2-8,10-13,18,21-23H,9,14-16H2,1H3/t18-,21-,22+,23-,26?/m1/s1. The number of imide groups is 1. The molecule has 2 saturated heterocycles. The van der Waals surface area contributed by atoms with E-state index >= 15 is 0 Å². The van der Waals surface area contributed by atoms with Crippen LogP contribution in [-0.2, 0) is 30.7 Å². The normalized spacial score (nSPS) is 32.3. The van der Waals surface area contributed by atoms with Crippen molar-refractivity contribution in [1.82, 2.24) is 9.96 Å². The van der Waals surface area contributed by atoms with E-state index < -0.39 is 33.3 Å². The topological polar surface area (TPSA) is 84.0 Å². The zero-order chi connectivity index (χ0) is 23.7. The van der Waals surface area contributed by atoms with Crippen molar-refractivity contribution in [2.75, 3.05) is 19.3 Å². The maximum absolute atomic E-state index is 13.8. The summed E-state index contributed by atoms with van der Waals surface area (Å²) in [7, 11) is -1.80. The van der Waals surface area contributed by atoms with Crippen LogP contribution in [0.1, 0.15) is 23.5 Å². The number of hydroxylamine groups is 2. The van der Waals surface area contributed by atoms with E-state index in [9.17, 15) is 18.0 Å². The second kappa shape index (κ2) is 7.60. The third-order valence-corrected chi connectivity index (χ3v) is 9.81. The molecule has 5 atom stereocenters. The van der Waals surface area contributed by atoms with Gasteiger partial charge in [0, 0.05) is 19.5 Å². The van der Waals surface area contributed by atoms with Crippen LogP contribution in [0.2, 0.25) is 0 Å². The van der Waals surface area contributed by atoms with E-state index in [4.69, 9.17) is 4.84 Å². The van der Waals surface area contributed by atoms with E-state index in [1.54, 1.807) is 23.3 Å². The molecule has 0 saturated carbocycles. The van der Waals surface area contributed by atoms with Gasteiger partial charge in [-0.3, -0.25) is 19.3 Å². The summed E-state index contributed by atoms with van der Waals surface area (Å²) in [6, 6.07) is 16.4. The van der Waals surface area contributed by atoms with Crippen LogP contribution in [0.15, 0.2) is 71.6 Å². The summed E-state index contributed by atoms with van der Waals surface area (Å²) >= 11 is 0. The van der Waals surface area contributed by atoms with E-state index in [1.807, 2.05) is 19.2 Å². The fourth-order valence-electron chi connectivity index (χ4n) is 6.65. The lowest BCUT2D eigenvalue weighted by atomic mass is 9.55. The first-order valence-corrected chi connectivity index (χ1v) is 13.3. The number of benzene rings is 2. The minimum Gasteiger partial charge on any atom is -0.284 e. The Kier molecular flexibility index (Phi) is 4.85. The molecule has 4 aliphatic rings. The smallest absolute Gasteiger partial charge is 0.261 e. The van der Waals surface area contributed by atoms with Crippen molar-refractivity contribution in [2.45, 2.75) is 35.3 Å². The Hall–Kier alpha value is -2.81. The van der Waals surface area contributed by atoms with Gasteiger partial charge >= 0.3 is 0 Å². The minimum absolute atomic E-state index is 0.0825. The fourth-order valence-corrected chi connectivity index (χ4v) is 7.88. The Balaban J connectivity index is 1.34. The summed E-state index contributed by atoms with van der Waals surface area (Å²) in [5, 5.41) is 1.77. The van der Waals surface area contributed by atoms with Gasteiger partial charge in [0.1, 0.15) is 0 Å². The molecule has 2 fully saturated rings. The van der Waals surface area contributed by atoms with Gasteiger partial charge in [0.05, 0.1) is 22.1 Å². The van der Waals surface area contributed by atoms with Crippen molar-refractivity contribution >= 4 is 21.7 Å². The minimum atomic E-state index is -3.63. The molecule has 1 unspecified atom stereocenters. The van der Waals surface area contributed by atoms with E-state index in [2.05, 4.69) is 24.3 Å². The number of likely N-dealkylation sites (tertiary alicyclic amines) is 1. The number of allylic oxidation sites excluding steroid dienone is 1. The first kappa shape index (κ1) is 21.7. The van der Waals surface area contributed by atoms with Gasteiger partial charge in [-0.05, 0) is 42.0 Å². The van der Waals surface area contributed by atoms with Crippen molar-refractivity contribution in [1.29, 1.82) is 0 Å². The van der Waals surface area contributed by atoms with Gasteiger partial charge in [0.2, 0.25) is 5.91 Å². The monoisotopic (exact) mass is 478 g/mol. The summed E-state index contributed by atoms with van der Waals surface area (Å²) in [5.74, 6) is -1.72. The molecule has 2 aliphatic heterocycles. The zero-order valence-electron chi connectivity index (χ0n) is 18.8. The van der Waals surface area contributed by atoms with Crippen LogP contribution < -0.4 is 0 Å². The number of fused-ring (bicyclic) bond motifs is 3. The van der Waals surface area contributed by atoms with Crippen molar-refractivity contribution in [2.24, 2.45) is 11.8 Å². The number of rotatable bonds is 4. The molecule has 2 aromatic rings. The highest BCUT2D eigenvalue weighted by Gasteiger charge is 2.71. The summed E-state index contributed by atoms with van der Waals surface area (Å²) in [6.07, 6.45) is 5.00. The third-order valence-electron chi connectivity index (χ3n) is 8.10. The first-order chi connectivity index (χ1) is 16.4. The third kappa shape index (κ3) is 2.85. The predicted molar refractivity (Wildman–Crippen MR) is 124 cm³/mol. The molecule has 2 aliphatic carbocycles. The average Bonchev–Trinajstić information content (AvgIpc) is 3.25. The Morgan fingerprint density at radius 1 is 1.03 bits per heavy atom. The van der Waals surface area contributed by atoms with E-state index in [-0.39, 0.29) is 34.9 Å². The van der Waals surface area contributed by atoms with Crippen molar-refractivity contribution < 1.29 is 22.8 Å². The molecule has 2 heterocycles. The SMILES string of the molecule is CN1O[C@H]2C(=O)N(CCS(=O)(=O)c3ccccc3)C(=O)[C@H]2C12[C@@H]1CC=C[C@@H]2c2ccccc2C1. The second-order valence-electron chi connectivity index (χ2n) is 9.59. The van der Waals surface area contributed by atoms with Crippen LogP contribution in [0.3, 0.4) is 0 Å². The molecule has 2 bridgehead atoms. The number of carbonyl (C=O) groups excluding carboxylic acids is 2. The van der Waals surface area contributed by atoms with Crippen molar-refractivity contribution in [3.63, 3.8) is 0 Å². The average molecular weight is 479 g/mol. The zero-order valence-corrected chi connectivity index (χ0v) is 19.6. The van der Waals surface area contributed by atoms with Crippen LogP contribution in [-0.4, -0.2) is 61.2 Å². The molecule has 2 aromatic carbocycles. The summed E-state index contributed by atoms with van der Waals surface area (Å²) in [6.45, 7) is -0.174. The Bertz CT molecular complexity index is 1310. The first-order valence-electron chi connectivity index (χ1n) is 11.6. The van der Waals surface area contributed by atoms with Gasteiger partial charge in [-0.25, -0.2) is 8.42 Å². The van der Waals surface area contributed by atoms with Gasteiger partial charge in [0.25, 0.3) is 5.91 Å². The highest BCUT2D eigenvalue weighted by atomic mass is 32.2. The number of nitrogens with zero attached hydrogens (tertiary/aromatic N) is 2. The van der Waals surface area contributed by atoms with Crippen LogP contribution in [0.25, 0.3) is 0 Å². The number of hydrogen-bond donors (Lipinski definition) is 0. The molecule has 176 valence electrons. The summed E-state index contributed by atoms with van der Waals surface area (Å²) < 4.78 is 25.6. The van der Waals surface area contributed by atoms with E-state index in [1.165, 1.54) is 17.7 Å². The lowest BCUT2D eigenvalue weighted by molar-refractivity contribution is -0.197. The lowest BCUT2D eigenvalue weighted by Gasteiger charge is -2.53. The molecule has 0 radical (unpaired) electrons. The highest BCUT2D eigenvalue weighted by Crippen LogP contribution is 2.59. The predicted octanol–water partition coefficient (Wildman–Crippen LogP) is 2.35. The van der Waals surface area contributed by atoms with E-state index in [0.29, 0.717) is 0 Å². The van der Waals surface area contributed by atoms with Gasteiger partial charge in [-0.1, -0.05) is 54.6 Å². The summed E-state index contributed by atoms with van der Waals surface area (Å²) in [4.78, 5) is 34.5. The molecule has 0 N–H and O–H groups in total. The molecule has 2 amide bonds.